The zero-order valence-electron chi connectivity index (χ0n) is 10.9. The molecule has 1 aliphatic rings. The number of carbonyl (C=O) groups excluding carboxylic acids is 1. The number of benzene rings is 1. The Bertz CT molecular complexity index is 387. The fourth-order valence-corrected chi connectivity index (χ4v) is 1.88. The van der Waals surface area contributed by atoms with Crippen molar-refractivity contribution in [3.05, 3.63) is 29.3 Å². The third-order valence-electron chi connectivity index (χ3n) is 2.74. The van der Waals surface area contributed by atoms with Crippen LogP contribution in [0.2, 0.25) is 0 Å². The maximum atomic E-state index is 9.94. The molecular weight excluding hydrogens is 232 g/mol. The number of rotatable bonds is 3. The van der Waals surface area contributed by atoms with Crippen LogP contribution in [-0.4, -0.2) is 31.4 Å². The molecule has 0 amide bonds. The van der Waals surface area contributed by atoms with Gasteiger partial charge in [-0.3, -0.25) is 0 Å². The lowest BCUT2D eigenvalue weighted by Crippen LogP contribution is -2.07. The van der Waals surface area contributed by atoms with Gasteiger partial charge in [-0.05, 0) is 49.4 Å². The summed E-state index contributed by atoms with van der Waals surface area (Å²) in [5.41, 5.74) is 2.98. The summed E-state index contributed by atoms with van der Waals surface area (Å²) in [4.78, 5) is 9.94. The second-order valence-corrected chi connectivity index (χ2v) is 3.95. The van der Waals surface area contributed by atoms with Crippen LogP contribution in [0.5, 0.6) is 5.75 Å². The number of hydrogen-bond acceptors (Lipinski definition) is 4. The fraction of sp³-hybridized carbons (Fsp3) is 0.500. The van der Waals surface area contributed by atoms with E-state index in [1.165, 1.54) is 30.4 Å². The summed E-state index contributed by atoms with van der Waals surface area (Å²) < 4.78 is 9.44. The summed E-state index contributed by atoms with van der Waals surface area (Å²) in [7, 11) is 1.72. The van der Waals surface area contributed by atoms with Gasteiger partial charge in [0, 0.05) is 0 Å². The molecule has 0 aliphatic heterocycles. The Morgan fingerprint density at radius 2 is 2.06 bits per heavy atom. The number of methoxy groups -OCH3 is 1. The van der Waals surface area contributed by atoms with Crippen LogP contribution in [0, 0.1) is 0 Å². The first-order valence-electron chi connectivity index (χ1n) is 6.13. The van der Waals surface area contributed by atoms with E-state index in [0.717, 1.165) is 5.75 Å². The Morgan fingerprint density at radius 3 is 2.61 bits per heavy atom. The van der Waals surface area contributed by atoms with Gasteiger partial charge in [-0.25, -0.2) is 4.79 Å². The summed E-state index contributed by atoms with van der Waals surface area (Å²) in [5, 5.41) is 7.99. The highest BCUT2D eigenvalue weighted by atomic mass is 16.5. The van der Waals surface area contributed by atoms with Gasteiger partial charge in [0.25, 0.3) is 0 Å². The minimum atomic E-state index is -0.567. The van der Waals surface area contributed by atoms with Crippen LogP contribution in [0.25, 0.3) is 0 Å². The largest absolute Gasteiger partial charge is 0.497 e. The topological polar surface area (TPSA) is 55.8 Å². The van der Waals surface area contributed by atoms with Crippen molar-refractivity contribution in [2.24, 2.45) is 0 Å². The van der Waals surface area contributed by atoms with Gasteiger partial charge >= 0.3 is 5.97 Å². The third kappa shape index (κ3) is 4.37. The third-order valence-corrected chi connectivity index (χ3v) is 2.74. The molecule has 0 saturated heterocycles. The molecule has 0 spiro atoms. The molecule has 2 rings (SSSR count). The van der Waals surface area contributed by atoms with E-state index in [1.807, 2.05) is 6.07 Å². The van der Waals surface area contributed by atoms with Crippen molar-refractivity contribution in [1.82, 2.24) is 0 Å². The van der Waals surface area contributed by atoms with Gasteiger partial charge in [-0.1, -0.05) is 6.07 Å². The van der Waals surface area contributed by atoms with E-state index in [-0.39, 0.29) is 0 Å². The van der Waals surface area contributed by atoms with Crippen molar-refractivity contribution < 1.29 is 19.4 Å². The standard InChI is InChI=1S/C10H12O.C4H8O3/c1-11-10-6-5-8-3-2-4-9(8)7-10;1-2-7-4(6)3-5/h5-7H,2-4H2,1H3;5H,2-3H2,1H3. The Hall–Kier alpha value is -1.55. The zero-order valence-corrected chi connectivity index (χ0v) is 10.9. The van der Waals surface area contributed by atoms with Crippen LogP contribution in [-0.2, 0) is 22.4 Å². The molecule has 0 atom stereocenters. The van der Waals surface area contributed by atoms with E-state index in [9.17, 15) is 4.79 Å². The lowest BCUT2D eigenvalue weighted by Gasteiger charge is -2.02. The minimum Gasteiger partial charge on any atom is -0.497 e. The fourth-order valence-electron chi connectivity index (χ4n) is 1.88. The van der Waals surface area contributed by atoms with Gasteiger partial charge in [-0.15, -0.1) is 0 Å². The highest BCUT2D eigenvalue weighted by Crippen LogP contribution is 2.25. The maximum absolute atomic E-state index is 9.94. The van der Waals surface area contributed by atoms with E-state index in [2.05, 4.69) is 16.9 Å². The van der Waals surface area contributed by atoms with Crippen molar-refractivity contribution in [1.29, 1.82) is 0 Å². The molecule has 1 N–H and O–H groups in total. The highest BCUT2D eigenvalue weighted by molar-refractivity contribution is 5.70. The van der Waals surface area contributed by atoms with E-state index in [4.69, 9.17) is 9.84 Å². The number of aliphatic hydroxyl groups excluding tert-OH is 1. The molecule has 0 bridgehead atoms. The molecule has 1 aromatic rings. The number of esters is 1. The van der Waals surface area contributed by atoms with Crippen LogP contribution in [0.3, 0.4) is 0 Å². The SMILES string of the molecule is CCOC(=O)CO.COc1ccc2c(c1)CCC2. The Kier molecular flexibility index (Phi) is 6.22. The summed E-state index contributed by atoms with van der Waals surface area (Å²) >= 11 is 0. The van der Waals surface area contributed by atoms with Crippen molar-refractivity contribution in [2.75, 3.05) is 20.3 Å². The molecule has 4 heteroatoms. The molecule has 18 heavy (non-hydrogen) atoms. The normalized spacial score (nSPS) is 12.2. The van der Waals surface area contributed by atoms with Crippen molar-refractivity contribution >= 4 is 5.97 Å². The van der Waals surface area contributed by atoms with Gasteiger partial charge in [0.15, 0.2) is 0 Å². The number of ether oxygens (including phenoxy) is 2. The van der Waals surface area contributed by atoms with Gasteiger partial charge in [0.2, 0.25) is 0 Å². The van der Waals surface area contributed by atoms with Crippen LogP contribution < -0.4 is 4.74 Å². The van der Waals surface area contributed by atoms with Crippen molar-refractivity contribution in [2.45, 2.75) is 26.2 Å². The van der Waals surface area contributed by atoms with E-state index < -0.39 is 12.6 Å². The monoisotopic (exact) mass is 252 g/mol. The van der Waals surface area contributed by atoms with Crippen LogP contribution in [0.4, 0.5) is 0 Å². The number of aryl methyl sites for hydroxylation is 2. The summed E-state index contributed by atoms with van der Waals surface area (Å²) in [6, 6.07) is 6.38. The maximum Gasteiger partial charge on any atom is 0.331 e. The number of fused-ring (bicyclic) bond motifs is 1. The molecule has 1 aromatic carbocycles. The number of carbonyl (C=O) groups is 1. The predicted octanol–water partition coefficient (Wildman–Crippen LogP) is 1.73. The highest BCUT2D eigenvalue weighted by Gasteiger charge is 2.10. The van der Waals surface area contributed by atoms with Crippen molar-refractivity contribution in [3.63, 3.8) is 0 Å². The Labute approximate surface area is 108 Å². The van der Waals surface area contributed by atoms with Gasteiger partial charge in [-0.2, -0.15) is 0 Å². The van der Waals surface area contributed by atoms with Crippen LogP contribution >= 0.6 is 0 Å². The molecule has 0 unspecified atom stereocenters. The molecule has 0 radical (unpaired) electrons. The van der Waals surface area contributed by atoms with Crippen LogP contribution in [0.15, 0.2) is 18.2 Å². The average molecular weight is 252 g/mol. The lowest BCUT2D eigenvalue weighted by atomic mass is 10.1. The van der Waals surface area contributed by atoms with E-state index >= 15 is 0 Å². The first-order valence-corrected chi connectivity index (χ1v) is 6.13. The molecule has 0 saturated carbocycles. The van der Waals surface area contributed by atoms with Gasteiger partial charge < -0.3 is 14.6 Å². The first kappa shape index (κ1) is 14.5. The first-order chi connectivity index (χ1) is 8.71. The smallest absolute Gasteiger partial charge is 0.331 e. The summed E-state index contributed by atoms with van der Waals surface area (Å²) in [6.45, 7) is 1.50. The van der Waals surface area contributed by atoms with Gasteiger partial charge in [0.1, 0.15) is 12.4 Å². The second-order valence-electron chi connectivity index (χ2n) is 3.95. The molecule has 100 valence electrons. The van der Waals surface area contributed by atoms with Crippen molar-refractivity contribution in [3.8, 4) is 5.75 Å². The summed E-state index contributed by atoms with van der Waals surface area (Å²) in [5.74, 6) is 0.424. The average Bonchev–Trinajstić information content (AvgIpc) is 2.86. The van der Waals surface area contributed by atoms with Gasteiger partial charge in [0.05, 0.1) is 13.7 Å². The zero-order chi connectivity index (χ0) is 13.4. The lowest BCUT2D eigenvalue weighted by molar-refractivity contribution is -0.146. The minimum absolute atomic E-state index is 0.333. The second kappa shape index (κ2) is 7.71. The Morgan fingerprint density at radius 1 is 1.33 bits per heavy atom. The molecular formula is C14H20O4. The Balaban J connectivity index is 0.000000203. The summed E-state index contributed by atoms with van der Waals surface area (Å²) in [6.07, 6.45) is 3.79. The molecule has 4 nitrogen and oxygen atoms in total. The number of hydrogen-bond donors (Lipinski definition) is 1. The van der Waals surface area contributed by atoms with E-state index in [0.29, 0.717) is 6.61 Å². The van der Waals surface area contributed by atoms with E-state index in [1.54, 1.807) is 14.0 Å². The molecule has 1 aliphatic carbocycles. The molecule has 0 aromatic heterocycles. The molecule has 0 fully saturated rings. The van der Waals surface area contributed by atoms with Crippen LogP contribution in [0.1, 0.15) is 24.5 Å². The predicted molar refractivity (Wildman–Crippen MR) is 68.7 cm³/mol. The quantitative estimate of drug-likeness (QED) is 0.832. The molecule has 0 heterocycles. The number of aliphatic hydroxyl groups is 1.